The van der Waals surface area contributed by atoms with Crippen molar-refractivity contribution in [3.8, 4) is 5.75 Å². The second kappa shape index (κ2) is 7.21. The van der Waals surface area contributed by atoms with E-state index in [1.165, 1.54) is 12.1 Å². The Kier molecular flexibility index (Phi) is 5.57. The molecule has 1 fully saturated rings. The Hall–Kier alpha value is -1.16. The maximum atomic E-state index is 14.1. The highest BCUT2D eigenvalue weighted by Crippen LogP contribution is 2.30. The van der Waals surface area contributed by atoms with Gasteiger partial charge in [-0.05, 0) is 62.1 Å². The van der Waals surface area contributed by atoms with Crippen molar-refractivity contribution >= 4 is 0 Å². The normalized spacial score (nSPS) is 23.9. The first-order chi connectivity index (χ1) is 9.99. The van der Waals surface area contributed by atoms with Gasteiger partial charge in [0.05, 0.1) is 6.10 Å². The van der Waals surface area contributed by atoms with Gasteiger partial charge in [-0.3, -0.25) is 0 Å². The van der Waals surface area contributed by atoms with Crippen molar-refractivity contribution in [3.05, 3.63) is 29.3 Å². The van der Waals surface area contributed by atoms with Crippen LogP contribution in [0.4, 0.5) is 8.78 Å². The van der Waals surface area contributed by atoms with Crippen LogP contribution >= 0.6 is 0 Å². The maximum Gasteiger partial charge on any atom is 0.191 e. The summed E-state index contributed by atoms with van der Waals surface area (Å²) in [5.74, 6) is -0.792. The van der Waals surface area contributed by atoms with Gasteiger partial charge >= 0.3 is 0 Å². The lowest BCUT2D eigenvalue weighted by molar-refractivity contribution is 0.124. The lowest BCUT2D eigenvalue weighted by Crippen LogP contribution is -2.24. The Balaban J connectivity index is 2.06. The summed E-state index contributed by atoms with van der Waals surface area (Å²) >= 11 is 0. The van der Waals surface area contributed by atoms with Gasteiger partial charge < -0.3 is 10.5 Å². The van der Waals surface area contributed by atoms with Gasteiger partial charge in [-0.2, -0.15) is 0 Å². The molecule has 1 aliphatic rings. The van der Waals surface area contributed by atoms with Crippen molar-refractivity contribution in [1.82, 2.24) is 0 Å². The number of hydrogen-bond donors (Lipinski definition) is 1. The topological polar surface area (TPSA) is 35.2 Å². The minimum Gasteiger partial charge on any atom is -0.484 e. The summed E-state index contributed by atoms with van der Waals surface area (Å²) in [6.07, 6.45) is 5.02. The summed E-state index contributed by atoms with van der Waals surface area (Å²) < 4.78 is 33.8. The highest BCUT2D eigenvalue weighted by Gasteiger charge is 2.23. The molecule has 0 heterocycles. The second-order valence-electron chi connectivity index (χ2n) is 6.26. The molecule has 2 nitrogen and oxygen atoms in total. The van der Waals surface area contributed by atoms with Crippen LogP contribution < -0.4 is 10.5 Å². The minimum absolute atomic E-state index is 0.0737. The molecule has 4 heteroatoms. The third kappa shape index (κ3) is 4.40. The number of benzene rings is 1. The molecule has 1 aliphatic carbocycles. The molecule has 118 valence electrons. The fraction of sp³-hybridized carbons (Fsp3) is 0.647. The van der Waals surface area contributed by atoms with E-state index in [-0.39, 0.29) is 17.9 Å². The average Bonchev–Trinajstić information content (AvgIpc) is 2.44. The van der Waals surface area contributed by atoms with Crippen LogP contribution in [0.25, 0.3) is 0 Å². The Morgan fingerprint density at radius 3 is 2.29 bits per heavy atom. The predicted octanol–water partition coefficient (Wildman–Crippen LogP) is 4.20. The quantitative estimate of drug-likeness (QED) is 0.884. The molecular formula is C17H25F2NO. The molecular weight excluding hydrogens is 272 g/mol. The number of nitrogens with two attached hydrogens (primary N) is 1. The van der Waals surface area contributed by atoms with Crippen LogP contribution in [0.2, 0.25) is 0 Å². The zero-order valence-electron chi connectivity index (χ0n) is 12.9. The van der Waals surface area contributed by atoms with E-state index in [2.05, 4.69) is 6.92 Å². The summed E-state index contributed by atoms with van der Waals surface area (Å²) in [5, 5.41) is 0. The number of halogens is 2. The molecule has 2 N–H and O–H groups in total. The van der Waals surface area contributed by atoms with E-state index < -0.39 is 11.6 Å². The smallest absolute Gasteiger partial charge is 0.191 e. The third-order valence-electron chi connectivity index (χ3n) is 4.33. The van der Waals surface area contributed by atoms with E-state index in [0.717, 1.165) is 32.1 Å². The zero-order chi connectivity index (χ0) is 15.4. The molecule has 0 aromatic heterocycles. The van der Waals surface area contributed by atoms with E-state index >= 15 is 0 Å². The fourth-order valence-electron chi connectivity index (χ4n) is 2.80. The van der Waals surface area contributed by atoms with Gasteiger partial charge in [0, 0.05) is 6.04 Å². The lowest BCUT2D eigenvalue weighted by atomic mass is 9.89. The number of rotatable bonds is 5. The van der Waals surface area contributed by atoms with Crippen LogP contribution in [0.3, 0.4) is 0 Å². The molecule has 1 aromatic rings. The van der Waals surface area contributed by atoms with Gasteiger partial charge in [0.1, 0.15) is 0 Å². The van der Waals surface area contributed by atoms with E-state index in [0.29, 0.717) is 17.9 Å². The largest absolute Gasteiger partial charge is 0.484 e. The third-order valence-corrected chi connectivity index (χ3v) is 4.33. The molecule has 1 saturated carbocycles. The van der Waals surface area contributed by atoms with Crippen LogP contribution in [-0.2, 0) is 6.42 Å². The van der Waals surface area contributed by atoms with Crippen LogP contribution in [0, 0.1) is 17.6 Å². The maximum absolute atomic E-state index is 14.1. The Labute approximate surface area is 125 Å². The molecule has 21 heavy (non-hydrogen) atoms. The Bertz CT molecular complexity index is 447. The molecule has 1 unspecified atom stereocenters. The molecule has 0 amide bonds. The van der Waals surface area contributed by atoms with Crippen molar-refractivity contribution in [3.63, 3.8) is 0 Å². The van der Waals surface area contributed by atoms with E-state index in [9.17, 15) is 8.78 Å². The Morgan fingerprint density at radius 1 is 1.19 bits per heavy atom. The first kappa shape index (κ1) is 16.2. The molecule has 0 bridgehead atoms. The Morgan fingerprint density at radius 2 is 1.76 bits per heavy atom. The molecule has 0 radical (unpaired) electrons. The zero-order valence-corrected chi connectivity index (χ0v) is 12.9. The highest BCUT2D eigenvalue weighted by atomic mass is 19.1. The standard InChI is InChI=1S/C17H25F2NO/c1-3-13(20)8-12-9-15(18)17(16(19)10-12)21-14-6-4-11(2)5-7-14/h9-11,13-14H,3-8,20H2,1-2H3. The first-order valence-corrected chi connectivity index (χ1v) is 7.89. The number of hydrogen-bond acceptors (Lipinski definition) is 2. The van der Waals surface area contributed by atoms with Crippen molar-refractivity contribution in [2.45, 2.75) is 64.5 Å². The van der Waals surface area contributed by atoms with Crippen LogP contribution in [0.15, 0.2) is 12.1 Å². The monoisotopic (exact) mass is 297 g/mol. The second-order valence-corrected chi connectivity index (χ2v) is 6.26. The lowest BCUT2D eigenvalue weighted by Gasteiger charge is -2.27. The van der Waals surface area contributed by atoms with Crippen molar-refractivity contribution in [2.75, 3.05) is 0 Å². The highest BCUT2D eigenvalue weighted by molar-refractivity contribution is 5.32. The van der Waals surface area contributed by atoms with Crippen molar-refractivity contribution in [1.29, 1.82) is 0 Å². The summed E-state index contributed by atoms with van der Waals surface area (Å²) in [5.41, 5.74) is 6.42. The van der Waals surface area contributed by atoms with Gasteiger partial charge in [-0.1, -0.05) is 13.8 Å². The summed E-state index contributed by atoms with van der Waals surface area (Å²) in [7, 11) is 0. The molecule has 2 rings (SSSR count). The molecule has 0 aliphatic heterocycles. The number of ether oxygens (including phenoxy) is 1. The average molecular weight is 297 g/mol. The van der Waals surface area contributed by atoms with Crippen LogP contribution in [-0.4, -0.2) is 12.1 Å². The molecule has 1 atom stereocenters. The van der Waals surface area contributed by atoms with E-state index in [4.69, 9.17) is 10.5 Å². The predicted molar refractivity (Wildman–Crippen MR) is 80.4 cm³/mol. The minimum atomic E-state index is -0.619. The van der Waals surface area contributed by atoms with Gasteiger partial charge in [-0.15, -0.1) is 0 Å². The summed E-state index contributed by atoms with van der Waals surface area (Å²) in [6, 6.07) is 2.62. The van der Waals surface area contributed by atoms with Crippen LogP contribution in [0.5, 0.6) is 5.75 Å². The molecule has 0 saturated heterocycles. The summed E-state index contributed by atoms with van der Waals surface area (Å²) in [6.45, 7) is 4.15. The van der Waals surface area contributed by atoms with Gasteiger partial charge in [0.25, 0.3) is 0 Å². The van der Waals surface area contributed by atoms with Gasteiger partial charge in [0.15, 0.2) is 17.4 Å². The van der Waals surface area contributed by atoms with E-state index in [1.807, 2.05) is 6.92 Å². The first-order valence-electron chi connectivity index (χ1n) is 7.89. The van der Waals surface area contributed by atoms with Crippen LogP contribution in [0.1, 0.15) is 51.5 Å². The van der Waals surface area contributed by atoms with Crippen molar-refractivity contribution in [2.24, 2.45) is 11.7 Å². The van der Waals surface area contributed by atoms with Gasteiger partial charge in [-0.25, -0.2) is 8.78 Å². The van der Waals surface area contributed by atoms with Crippen molar-refractivity contribution < 1.29 is 13.5 Å². The molecule has 0 spiro atoms. The fourth-order valence-corrected chi connectivity index (χ4v) is 2.80. The van der Waals surface area contributed by atoms with Gasteiger partial charge in [0.2, 0.25) is 0 Å². The molecule has 1 aromatic carbocycles. The SMILES string of the molecule is CCC(N)Cc1cc(F)c(OC2CCC(C)CC2)c(F)c1. The van der Waals surface area contributed by atoms with E-state index in [1.54, 1.807) is 0 Å². The summed E-state index contributed by atoms with van der Waals surface area (Å²) in [4.78, 5) is 0.